The van der Waals surface area contributed by atoms with Crippen molar-refractivity contribution >= 4 is 18.1 Å². The molecule has 3 amide bonds. The van der Waals surface area contributed by atoms with Gasteiger partial charge in [-0.1, -0.05) is 103 Å². The maximum Gasteiger partial charge on any atom is 0.416 e. The van der Waals surface area contributed by atoms with Crippen molar-refractivity contribution in [3.05, 3.63) is 0 Å². The van der Waals surface area contributed by atoms with E-state index < -0.39 is 24.2 Å². The summed E-state index contributed by atoms with van der Waals surface area (Å²) in [4.78, 5) is 40.6. The summed E-state index contributed by atoms with van der Waals surface area (Å²) in [6, 6.07) is 0. The molecule has 0 heterocycles. The number of hydrogen-bond donors (Lipinski definition) is 0. The molecule has 0 saturated carbocycles. The Bertz CT molecular complexity index is 645. The number of unbranched alkanes of at least 4 members (excludes halogenated alkanes) is 15. The molecule has 0 N–H and O–H groups in total. The fourth-order valence-corrected chi connectivity index (χ4v) is 4.25. The molecule has 0 aliphatic heterocycles. The highest BCUT2D eigenvalue weighted by molar-refractivity contribution is 5.90. The predicted molar refractivity (Wildman–Crippen MR) is 162 cm³/mol. The van der Waals surface area contributed by atoms with Gasteiger partial charge in [-0.25, -0.2) is 14.5 Å². The van der Waals surface area contributed by atoms with E-state index in [1.54, 1.807) is 14.1 Å². The van der Waals surface area contributed by atoms with E-state index in [0.717, 1.165) is 17.7 Å². The Morgan fingerprint density at radius 3 is 1.52 bits per heavy atom. The zero-order valence-corrected chi connectivity index (χ0v) is 26.7. The molecule has 0 aromatic heterocycles. The lowest BCUT2D eigenvalue weighted by molar-refractivity contribution is -0.127. The van der Waals surface area contributed by atoms with E-state index in [0.29, 0.717) is 13.2 Å². The second-order valence-electron chi connectivity index (χ2n) is 11.3. The molecule has 0 saturated heterocycles. The molecule has 0 bridgehead atoms. The standard InChI is InChI=1S/C31H61N3O6/c1-7-8-9-10-11-12-13-14-15-16-17-18-19-20-21-22-25-38-26-29(40-30(36)33(5)6)27-39-31(37)34(28(2)35)24-23-32(3)4/h29H,7-27H2,1-6H3. The van der Waals surface area contributed by atoms with Gasteiger partial charge in [0.1, 0.15) is 6.61 Å². The third-order valence-electron chi connectivity index (χ3n) is 6.84. The van der Waals surface area contributed by atoms with E-state index >= 15 is 0 Å². The summed E-state index contributed by atoms with van der Waals surface area (Å²) >= 11 is 0. The number of carbonyl (C=O) groups is 3. The molecule has 0 aliphatic rings. The molecule has 1 unspecified atom stereocenters. The normalized spacial score (nSPS) is 11.9. The third kappa shape index (κ3) is 22.9. The Balaban J connectivity index is 4.02. The number of carbonyl (C=O) groups excluding carboxylic acids is 3. The molecule has 0 rings (SSSR count). The number of nitrogens with zero attached hydrogens (tertiary/aromatic N) is 3. The number of likely N-dealkylation sites (N-methyl/N-ethyl adjacent to an activating group) is 1. The van der Waals surface area contributed by atoms with Crippen molar-refractivity contribution in [3.8, 4) is 0 Å². The van der Waals surface area contributed by atoms with Gasteiger partial charge in [-0.05, 0) is 20.5 Å². The highest BCUT2D eigenvalue weighted by atomic mass is 16.6. The molecule has 40 heavy (non-hydrogen) atoms. The van der Waals surface area contributed by atoms with Gasteiger partial charge in [-0.3, -0.25) is 4.79 Å². The van der Waals surface area contributed by atoms with Crippen molar-refractivity contribution in [2.75, 3.05) is 61.1 Å². The van der Waals surface area contributed by atoms with Crippen LogP contribution < -0.4 is 0 Å². The van der Waals surface area contributed by atoms with Crippen LogP contribution in [0.4, 0.5) is 9.59 Å². The average molecular weight is 572 g/mol. The summed E-state index contributed by atoms with van der Waals surface area (Å²) in [5, 5.41) is 0. The van der Waals surface area contributed by atoms with Gasteiger partial charge in [-0.2, -0.15) is 0 Å². The molecule has 236 valence electrons. The topological polar surface area (TPSA) is 88.6 Å². The van der Waals surface area contributed by atoms with Crippen molar-refractivity contribution < 1.29 is 28.6 Å². The monoisotopic (exact) mass is 571 g/mol. The summed E-state index contributed by atoms with van der Waals surface area (Å²) < 4.78 is 16.4. The van der Waals surface area contributed by atoms with Crippen LogP contribution in [-0.4, -0.2) is 100.0 Å². The Hall–Kier alpha value is -1.87. The quantitative estimate of drug-likeness (QED) is 0.110. The second kappa shape index (κ2) is 26.1. The van der Waals surface area contributed by atoms with Gasteiger partial charge in [0.05, 0.1) is 6.61 Å². The van der Waals surface area contributed by atoms with Crippen molar-refractivity contribution in [1.29, 1.82) is 0 Å². The predicted octanol–water partition coefficient (Wildman–Crippen LogP) is 6.88. The van der Waals surface area contributed by atoms with Crippen LogP contribution in [0.1, 0.15) is 117 Å². The van der Waals surface area contributed by atoms with Gasteiger partial charge in [0.15, 0.2) is 6.10 Å². The molecular formula is C31H61N3O6. The van der Waals surface area contributed by atoms with Crippen LogP contribution in [0.15, 0.2) is 0 Å². The van der Waals surface area contributed by atoms with Gasteiger partial charge in [0.2, 0.25) is 5.91 Å². The lowest BCUT2D eigenvalue weighted by Crippen LogP contribution is -2.42. The van der Waals surface area contributed by atoms with Crippen molar-refractivity contribution in [1.82, 2.24) is 14.7 Å². The maximum absolute atomic E-state index is 12.4. The fourth-order valence-electron chi connectivity index (χ4n) is 4.25. The molecular weight excluding hydrogens is 510 g/mol. The molecule has 1 atom stereocenters. The van der Waals surface area contributed by atoms with Gasteiger partial charge in [0, 0.05) is 40.7 Å². The van der Waals surface area contributed by atoms with Crippen LogP contribution in [0, 0.1) is 0 Å². The van der Waals surface area contributed by atoms with Crippen LogP contribution in [0.5, 0.6) is 0 Å². The van der Waals surface area contributed by atoms with Gasteiger partial charge < -0.3 is 24.0 Å². The Labute approximate surface area is 245 Å². The van der Waals surface area contributed by atoms with E-state index in [2.05, 4.69) is 6.92 Å². The van der Waals surface area contributed by atoms with E-state index in [1.807, 2.05) is 19.0 Å². The smallest absolute Gasteiger partial charge is 0.416 e. The molecule has 0 aliphatic carbocycles. The van der Waals surface area contributed by atoms with E-state index in [4.69, 9.17) is 14.2 Å². The minimum Gasteiger partial charge on any atom is -0.445 e. The van der Waals surface area contributed by atoms with Crippen LogP contribution in [-0.2, 0) is 19.0 Å². The SMILES string of the molecule is CCCCCCCCCCCCCCCCCCOCC(COC(=O)N(CCN(C)C)C(C)=O)OC(=O)N(C)C. The minimum absolute atomic E-state index is 0.128. The number of hydrogen-bond acceptors (Lipinski definition) is 7. The average Bonchev–Trinajstić information content (AvgIpc) is 2.90. The first-order valence-corrected chi connectivity index (χ1v) is 15.7. The third-order valence-corrected chi connectivity index (χ3v) is 6.84. The zero-order valence-electron chi connectivity index (χ0n) is 26.7. The van der Waals surface area contributed by atoms with Crippen molar-refractivity contribution in [2.24, 2.45) is 0 Å². The van der Waals surface area contributed by atoms with Gasteiger partial charge >= 0.3 is 12.2 Å². The van der Waals surface area contributed by atoms with Gasteiger partial charge in [0.25, 0.3) is 0 Å². The second-order valence-corrected chi connectivity index (χ2v) is 11.3. The summed E-state index contributed by atoms with van der Waals surface area (Å²) in [5.41, 5.74) is 0. The Morgan fingerprint density at radius 2 is 1.10 bits per heavy atom. The van der Waals surface area contributed by atoms with Crippen LogP contribution in [0.25, 0.3) is 0 Å². The molecule has 0 aromatic rings. The first kappa shape index (κ1) is 38.1. The van der Waals surface area contributed by atoms with E-state index in [-0.39, 0.29) is 19.8 Å². The fraction of sp³-hybridized carbons (Fsp3) is 0.903. The molecule has 0 spiro atoms. The summed E-state index contributed by atoms with van der Waals surface area (Å²) in [5.74, 6) is -0.395. The number of amides is 3. The highest BCUT2D eigenvalue weighted by Gasteiger charge is 2.23. The van der Waals surface area contributed by atoms with Crippen LogP contribution in [0.2, 0.25) is 0 Å². The van der Waals surface area contributed by atoms with Crippen molar-refractivity contribution in [3.63, 3.8) is 0 Å². The summed E-state index contributed by atoms with van der Waals surface area (Å²) in [7, 11) is 6.89. The number of imide groups is 1. The lowest BCUT2D eigenvalue weighted by atomic mass is 10.0. The van der Waals surface area contributed by atoms with E-state index in [9.17, 15) is 14.4 Å². The summed E-state index contributed by atoms with van der Waals surface area (Å²) in [6.07, 6.45) is 19.0. The lowest BCUT2D eigenvalue weighted by Gasteiger charge is -2.23. The van der Waals surface area contributed by atoms with Crippen molar-refractivity contribution in [2.45, 2.75) is 123 Å². The molecule has 0 radical (unpaired) electrons. The molecule has 9 heteroatoms. The molecule has 9 nitrogen and oxygen atoms in total. The van der Waals surface area contributed by atoms with Gasteiger partial charge in [-0.15, -0.1) is 0 Å². The zero-order chi connectivity index (χ0) is 30.0. The Kier molecular flexibility index (Phi) is 24.8. The molecule has 0 fully saturated rings. The van der Waals surface area contributed by atoms with Crippen LogP contribution in [0.3, 0.4) is 0 Å². The van der Waals surface area contributed by atoms with Crippen LogP contribution >= 0.6 is 0 Å². The molecule has 0 aromatic carbocycles. The summed E-state index contributed by atoms with van der Waals surface area (Å²) in [6.45, 7) is 4.85. The first-order valence-electron chi connectivity index (χ1n) is 15.7. The Morgan fingerprint density at radius 1 is 0.625 bits per heavy atom. The minimum atomic E-state index is -0.752. The maximum atomic E-state index is 12.4. The largest absolute Gasteiger partial charge is 0.445 e. The number of rotatable bonds is 25. The number of ether oxygens (including phenoxy) is 3. The first-order chi connectivity index (χ1) is 19.2. The highest BCUT2D eigenvalue weighted by Crippen LogP contribution is 2.14. The van der Waals surface area contributed by atoms with E-state index in [1.165, 1.54) is 102 Å².